The van der Waals surface area contributed by atoms with Gasteiger partial charge in [-0.25, -0.2) is 4.98 Å². The molecule has 0 saturated carbocycles. The number of hydrogen-bond donors (Lipinski definition) is 2. The van der Waals surface area contributed by atoms with Crippen molar-refractivity contribution >= 4 is 23.1 Å². The maximum atomic E-state index is 12.6. The third-order valence-electron chi connectivity index (χ3n) is 5.30. The molecule has 2 aromatic rings. The van der Waals surface area contributed by atoms with E-state index in [-0.39, 0.29) is 5.91 Å². The summed E-state index contributed by atoms with van der Waals surface area (Å²) in [7, 11) is 0. The lowest BCUT2D eigenvalue weighted by Crippen LogP contribution is -2.43. The van der Waals surface area contributed by atoms with E-state index in [1.54, 1.807) is 6.20 Å². The number of amides is 1. The number of pyridine rings is 1. The molecule has 6 nitrogen and oxygen atoms in total. The van der Waals surface area contributed by atoms with Crippen molar-refractivity contribution in [3.63, 3.8) is 0 Å². The van der Waals surface area contributed by atoms with Gasteiger partial charge in [0.15, 0.2) is 5.82 Å². The van der Waals surface area contributed by atoms with Crippen molar-refractivity contribution in [2.75, 3.05) is 49.5 Å². The van der Waals surface area contributed by atoms with E-state index in [4.69, 9.17) is 0 Å². The number of aromatic nitrogens is 1. The first-order valence-corrected chi connectivity index (χ1v) is 9.89. The van der Waals surface area contributed by atoms with Crippen LogP contribution in [0.4, 0.5) is 17.2 Å². The van der Waals surface area contributed by atoms with Crippen LogP contribution in [0.2, 0.25) is 0 Å². The van der Waals surface area contributed by atoms with Crippen LogP contribution in [-0.2, 0) is 0 Å². The molecule has 1 saturated heterocycles. The lowest BCUT2D eigenvalue weighted by Gasteiger charge is -2.27. The summed E-state index contributed by atoms with van der Waals surface area (Å²) in [6.45, 7) is 6.56. The van der Waals surface area contributed by atoms with Gasteiger partial charge in [-0.15, -0.1) is 0 Å². The molecule has 6 heteroatoms. The zero-order valence-electron chi connectivity index (χ0n) is 15.7. The van der Waals surface area contributed by atoms with Crippen molar-refractivity contribution < 1.29 is 4.79 Å². The second-order valence-electron chi connectivity index (χ2n) is 7.15. The first-order chi connectivity index (χ1) is 13.3. The molecular formula is C21H27N5O. The van der Waals surface area contributed by atoms with Crippen molar-refractivity contribution in [2.45, 2.75) is 19.3 Å². The molecule has 1 amide bonds. The van der Waals surface area contributed by atoms with Crippen LogP contribution < -0.4 is 15.5 Å². The largest absolute Gasteiger partial charge is 0.324 e. The standard InChI is InChI=1S/C21H27N5O/c27-21-17-7-2-3-9-19(17)26(20-18(24-21)8-6-10-23-20)14-5-1-4-13-25-15-11-22-12-16-25/h2-3,6-10,22H,1,4-5,11-16H2,(H,24,27). The molecule has 2 N–H and O–H groups in total. The molecule has 0 spiro atoms. The molecule has 1 fully saturated rings. The van der Waals surface area contributed by atoms with E-state index in [9.17, 15) is 4.79 Å². The van der Waals surface area contributed by atoms with Gasteiger partial charge in [0.25, 0.3) is 5.91 Å². The summed E-state index contributed by atoms with van der Waals surface area (Å²) >= 11 is 0. The van der Waals surface area contributed by atoms with Crippen molar-refractivity contribution in [3.05, 3.63) is 48.2 Å². The second-order valence-corrected chi connectivity index (χ2v) is 7.15. The summed E-state index contributed by atoms with van der Waals surface area (Å²) in [5.41, 5.74) is 2.42. The maximum Gasteiger partial charge on any atom is 0.257 e. The van der Waals surface area contributed by atoms with E-state index in [1.165, 1.54) is 19.4 Å². The van der Waals surface area contributed by atoms with E-state index in [1.807, 2.05) is 36.4 Å². The molecule has 3 heterocycles. The van der Waals surface area contributed by atoms with Gasteiger partial charge in [-0.2, -0.15) is 0 Å². The number of hydrogen-bond acceptors (Lipinski definition) is 5. The van der Waals surface area contributed by atoms with Crippen LogP contribution in [-0.4, -0.2) is 55.1 Å². The minimum atomic E-state index is -0.0685. The van der Waals surface area contributed by atoms with Crippen molar-refractivity contribution in [1.82, 2.24) is 15.2 Å². The average Bonchev–Trinajstić information content (AvgIpc) is 2.83. The molecule has 4 rings (SSSR count). The number of anilines is 3. The molecule has 0 atom stereocenters. The second kappa shape index (κ2) is 8.50. The van der Waals surface area contributed by atoms with Crippen LogP contribution in [0.3, 0.4) is 0 Å². The van der Waals surface area contributed by atoms with Crippen LogP contribution in [0, 0.1) is 0 Å². The van der Waals surface area contributed by atoms with Gasteiger partial charge in [0.1, 0.15) is 0 Å². The van der Waals surface area contributed by atoms with Crippen LogP contribution in [0.1, 0.15) is 29.6 Å². The fraction of sp³-hybridized carbons (Fsp3) is 0.429. The summed E-state index contributed by atoms with van der Waals surface area (Å²) < 4.78 is 0. The Bertz CT molecular complexity index is 788. The lowest BCUT2D eigenvalue weighted by molar-refractivity contribution is 0.102. The lowest BCUT2D eigenvalue weighted by atomic mass is 10.1. The minimum Gasteiger partial charge on any atom is -0.324 e. The first kappa shape index (κ1) is 17.9. The number of unbranched alkanes of at least 4 members (excludes halogenated alkanes) is 2. The van der Waals surface area contributed by atoms with Gasteiger partial charge in [0, 0.05) is 38.9 Å². The molecule has 2 aliphatic heterocycles. The monoisotopic (exact) mass is 365 g/mol. The quantitative estimate of drug-likeness (QED) is 0.771. The van der Waals surface area contributed by atoms with Crippen molar-refractivity contribution in [3.8, 4) is 0 Å². The van der Waals surface area contributed by atoms with E-state index >= 15 is 0 Å². The smallest absolute Gasteiger partial charge is 0.257 e. The van der Waals surface area contributed by atoms with Crippen LogP contribution >= 0.6 is 0 Å². The molecule has 0 aliphatic carbocycles. The highest BCUT2D eigenvalue weighted by Crippen LogP contribution is 2.36. The number of carbonyl (C=O) groups excluding carboxylic acids is 1. The van der Waals surface area contributed by atoms with E-state index < -0.39 is 0 Å². The van der Waals surface area contributed by atoms with Gasteiger partial charge < -0.3 is 20.4 Å². The molecule has 0 unspecified atom stereocenters. The number of piperazine rings is 1. The molecule has 142 valence electrons. The summed E-state index contributed by atoms with van der Waals surface area (Å²) in [6, 6.07) is 11.6. The van der Waals surface area contributed by atoms with Gasteiger partial charge in [-0.1, -0.05) is 18.6 Å². The summed E-state index contributed by atoms with van der Waals surface area (Å²) in [5.74, 6) is 0.763. The Kier molecular flexibility index (Phi) is 5.65. The van der Waals surface area contributed by atoms with Crippen molar-refractivity contribution in [2.24, 2.45) is 0 Å². The van der Waals surface area contributed by atoms with Crippen LogP contribution in [0.15, 0.2) is 42.6 Å². The Morgan fingerprint density at radius 1 is 0.963 bits per heavy atom. The first-order valence-electron chi connectivity index (χ1n) is 9.89. The van der Waals surface area contributed by atoms with E-state index in [2.05, 4.69) is 25.4 Å². The fourth-order valence-electron chi connectivity index (χ4n) is 3.86. The number of carbonyl (C=O) groups is 1. The number of rotatable bonds is 6. The highest BCUT2D eigenvalue weighted by Gasteiger charge is 2.25. The van der Waals surface area contributed by atoms with Crippen LogP contribution in [0.25, 0.3) is 0 Å². The third kappa shape index (κ3) is 4.12. The number of nitrogens with one attached hydrogen (secondary N) is 2. The third-order valence-corrected chi connectivity index (χ3v) is 5.30. The molecule has 27 heavy (non-hydrogen) atoms. The molecular weight excluding hydrogens is 338 g/mol. The average molecular weight is 365 g/mol. The Balaban J connectivity index is 1.43. The van der Waals surface area contributed by atoms with E-state index in [0.29, 0.717) is 5.56 Å². The van der Waals surface area contributed by atoms with Gasteiger partial charge in [0.05, 0.1) is 16.9 Å². The summed E-state index contributed by atoms with van der Waals surface area (Å²) in [5, 5.41) is 6.40. The molecule has 0 radical (unpaired) electrons. The van der Waals surface area contributed by atoms with Crippen molar-refractivity contribution in [1.29, 1.82) is 0 Å². The Morgan fingerprint density at radius 3 is 2.67 bits per heavy atom. The topological polar surface area (TPSA) is 60.5 Å². The number of nitrogens with zero attached hydrogens (tertiary/aromatic N) is 3. The highest BCUT2D eigenvalue weighted by molar-refractivity contribution is 6.11. The normalized spacial score (nSPS) is 17.0. The van der Waals surface area contributed by atoms with Gasteiger partial charge >= 0.3 is 0 Å². The molecule has 0 bridgehead atoms. The molecule has 1 aromatic carbocycles. The SMILES string of the molecule is O=C1Nc2cccnc2N(CCCCCN2CCNCC2)c2ccccc21. The number of benzene rings is 1. The van der Waals surface area contributed by atoms with Crippen LogP contribution in [0.5, 0.6) is 0 Å². The predicted octanol–water partition coefficient (Wildman–Crippen LogP) is 2.86. The minimum absolute atomic E-state index is 0.0685. The molecule has 2 aliphatic rings. The van der Waals surface area contributed by atoms with Gasteiger partial charge in [0.2, 0.25) is 0 Å². The molecule has 1 aromatic heterocycles. The Morgan fingerprint density at radius 2 is 1.78 bits per heavy atom. The zero-order valence-corrected chi connectivity index (χ0v) is 15.7. The number of fused-ring (bicyclic) bond motifs is 2. The zero-order chi connectivity index (χ0) is 18.5. The van der Waals surface area contributed by atoms with E-state index in [0.717, 1.165) is 56.3 Å². The Hall–Kier alpha value is -2.44. The Labute approximate surface area is 160 Å². The predicted molar refractivity (Wildman–Crippen MR) is 109 cm³/mol. The highest BCUT2D eigenvalue weighted by atomic mass is 16.1. The maximum absolute atomic E-state index is 12.6. The summed E-state index contributed by atoms with van der Waals surface area (Å²) in [6.07, 6.45) is 5.24. The summed E-state index contributed by atoms with van der Waals surface area (Å²) in [4.78, 5) is 21.9. The number of para-hydroxylation sites is 1. The van der Waals surface area contributed by atoms with Gasteiger partial charge in [-0.05, 0) is 43.7 Å². The van der Waals surface area contributed by atoms with Gasteiger partial charge in [-0.3, -0.25) is 4.79 Å². The fourth-order valence-corrected chi connectivity index (χ4v) is 3.86.